The van der Waals surface area contributed by atoms with Gasteiger partial charge in [-0.25, -0.2) is 0 Å². The van der Waals surface area contributed by atoms with Crippen LogP contribution in [0.3, 0.4) is 0 Å². The van der Waals surface area contributed by atoms with Gasteiger partial charge in [0.25, 0.3) is 0 Å². The van der Waals surface area contributed by atoms with Crippen molar-refractivity contribution in [2.24, 2.45) is 23.7 Å². The average molecular weight is 573 g/mol. The first-order valence-corrected chi connectivity index (χ1v) is 18.4. The second-order valence-electron chi connectivity index (χ2n) is 14.1. The van der Waals surface area contributed by atoms with Crippen molar-refractivity contribution in [1.29, 1.82) is 0 Å². The number of aryl methyl sites for hydroxylation is 2. The smallest absolute Gasteiger partial charge is 0.125 e. The molecule has 0 radical (unpaired) electrons. The van der Waals surface area contributed by atoms with E-state index in [1.807, 2.05) is 0 Å². The van der Waals surface area contributed by atoms with Crippen LogP contribution in [-0.4, -0.2) is 6.61 Å². The van der Waals surface area contributed by atoms with Gasteiger partial charge in [0.05, 0.1) is 6.61 Å². The molecule has 2 aliphatic rings. The zero-order valence-electron chi connectivity index (χ0n) is 28.6. The maximum absolute atomic E-state index is 6.65. The first-order valence-electron chi connectivity index (χ1n) is 18.4. The topological polar surface area (TPSA) is 9.23 Å². The van der Waals surface area contributed by atoms with E-state index >= 15 is 0 Å². The molecule has 2 aliphatic carbocycles. The SMILES string of the molecule is CCc1cc(C2CCC(CCC3CCC(C)CC3)CC2)ccc1-c1cc(CC)c(OCC(CC)CC)c(CC)c1CC. The first-order chi connectivity index (χ1) is 20.5. The molecule has 2 saturated carbocycles. The van der Waals surface area contributed by atoms with Crippen LogP contribution in [-0.2, 0) is 25.7 Å². The molecule has 0 bridgehead atoms. The number of benzene rings is 2. The lowest BCUT2D eigenvalue weighted by atomic mass is 9.74. The maximum Gasteiger partial charge on any atom is 0.125 e. The predicted molar refractivity (Wildman–Crippen MR) is 184 cm³/mol. The van der Waals surface area contributed by atoms with E-state index in [0.717, 1.165) is 56.0 Å². The zero-order valence-corrected chi connectivity index (χ0v) is 28.6. The molecule has 0 saturated heterocycles. The van der Waals surface area contributed by atoms with Crippen LogP contribution in [0.1, 0.15) is 159 Å². The normalized spacial score (nSPS) is 23.0. The molecule has 0 aromatic heterocycles. The molecule has 42 heavy (non-hydrogen) atoms. The van der Waals surface area contributed by atoms with Crippen LogP contribution in [0.5, 0.6) is 5.75 Å². The summed E-state index contributed by atoms with van der Waals surface area (Å²) in [6.07, 6.45) is 21.2. The van der Waals surface area contributed by atoms with Crippen LogP contribution in [0.15, 0.2) is 24.3 Å². The Hall–Kier alpha value is -1.76. The lowest BCUT2D eigenvalue weighted by molar-refractivity contribution is 0.236. The molecule has 2 aromatic rings. The van der Waals surface area contributed by atoms with E-state index in [2.05, 4.69) is 72.7 Å². The summed E-state index contributed by atoms with van der Waals surface area (Å²) < 4.78 is 6.65. The summed E-state index contributed by atoms with van der Waals surface area (Å²) >= 11 is 0. The summed E-state index contributed by atoms with van der Waals surface area (Å²) in [4.78, 5) is 0. The van der Waals surface area contributed by atoms with E-state index in [4.69, 9.17) is 4.74 Å². The summed E-state index contributed by atoms with van der Waals surface area (Å²) in [6.45, 7) is 17.2. The highest BCUT2D eigenvalue weighted by Gasteiger charge is 2.26. The van der Waals surface area contributed by atoms with Gasteiger partial charge < -0.3 is 4.74 Å². The van der Waals surface area contributed by atoms with Crippen molar-refractivity contribution >= 4 is 0 Å². The average Bonchev–Trinajstić information content (AvgIpc) is 3.04. The van der Waals surface area contributed by atoms with Crippen LogP contribution < -0.4 is 4.74 Å². The van der Waals surface area contributed by atoms with Gasteiger partial charge in [-0.1, -0.05) is 118 Å². The zero-order chi connectivity index (χ0) is 30.1. The molecule has 0 heterocycles. The van der Waals surface area contributed by atoms with Gasteiger partial charge in [-0.15, -0.1) is 0 Å². The van der Waals surface area contributed by atoms with Crippen molar-refractivity contribution in [2.75, 3.05) is 6.61 Å². The monoisotopic (exact) mass is 572 g/mol. The Morgan fingerprint density at radius 2 is 1.24 bits per heavy atom. The van der Waals surface area contributed by atoms with E-state index in [9.17, 15) is 0 Å². The van der Waals surface area contributed by atoms with Gasteiger partial charge in [-0.2, -0.15) is 0 Å². The van der Waals surface area contributed by atoms with Crippen LogP contribution in [0, 0.1) is 23.7 Å². The van der Waals surface area contributed by atoms with E-state index in [0.29, 0.717) is 5.92 Å². The van der Waals surface area contributed by atoms with Gasteiger partial charge in [0.1, 0.15) is 5.75 Å². The van der Waals surface area contributed by atoms with Crippen molar-refractivity contribution in [2.45, 2.75) is 157 Å². The Labute approximate surface area is 260 Å². The second kappa shape index (κ2) is 16.4. The van der Waals surface area contributed by atoms with Crippen LogP contribution >= 0.6 is 0 Å². The fraction of sp³-hybridized carbons (Fsp3) is 0.707. The summed E-state index contributed by atoms with van der Waals surface area (Å²) in [5.41, 5.74) is 10.4. The highest BCUT2D eigenvalue weighted by Crippen LogP contribution is 2.43. The molecule has 0 amide bonds. The predicted octanol–water partition coefficient (Wildman–Crippen LogP) is 12.3. The van der Waals surface area contributed by atoms with E-state index in [-0.39, 0.29) is 0 Å². The molecule has 234 valence electrons. The Morgan fingerprint density at radius 3 is 1.79 bits per heavy atom. The summed E-state index contributed by atoms with van der Waals surface area (Å²) in [6, 6.07) is 10.1. The number of hydrogen-bond donors (Lipinski definition) is 0. The Bertz CT molecular complexity index is 1090. The number of ether oxygens (including phenoxy) is 1. The van der Waals surface area contributed by atoms with Crippen molar-refractivity contribution in [3.63, 3.8) is 0 Å². The molecule has 2 fully saturated rings. The quantitative estimate of drug-likeness (QED) is 0.219. The van der Waals surface area contributed by atoms with E-state index < -0.39 is 0 Å². The molecule has 2 aromatic carbocycles. The molecule has 0 spiro atoms. The van der Waals surface area contributed by atoms with Gasteiger partial charge in [0, 0.05) is 0 Å². The molecular weight excluding hydrogens is 508 g/mol. The fourth-order valence-electron chi connectivity index (χ4n) is 8.30. The van der Waals surface area contributed by atoms with Crippen LogP contribution in [0.2, 0.25) is 0 Å². The Balaban J connectivity index is 1.50. The van der Waals surface area contributed by atoms with Gasteiger partial charge in [-0.3, -0.25) is 0 Å². The van der Waals surface area contributed by atoms with Crippen molar-refractivity contribution in [1.82, 2.24) is 0 Å². The second-order valence-corrected chi connectivity index (χ2v) is 14.1. The van der Waals surface area contributed by atoms with Gasteiger partial charge in [-0.05, 0) is 126 Å². The van der Waals surface area contributed by atoms with Crippen molar-refractivity contribution < 1.29 is 4.74 Å². The lowest BCUT2D eigenvalue weighted by Gasteiger charge is -2.32. The standard InChI is InChI=1S/C41H64O/c1-8-30(9-2)28-42-41-34(11-4)27-40(37(12-5)38(41)13-6)39-25-24-36(26-33(39)10-3)35-22-20-32(21-23-35)19-18-31-16-14-29(7)15-17-31/h24-27,29-32,35H,8-23,28H2,1-7H3. The number of rotatable bonds is 14. The highest BCUT2D eigenvalue weighted by atomic mass is 16.5. The van der Waals surface area contributed by atoms with Gasteiger partial charge >= 0.3 is 0 Å². The summed E-state index contributed by atoms with van der Waals surface area (Å²) in [5, 5.41) is 0. The lowest BCUT2D eigenvalue weighted by Crippen LogP contribution is -2.17. The molecule has 0 aliphatic heterocycles. The first kappa shape index (κ1) is 33.1. The third kappa shape index (κ3) is 8.04. The molecular formula is C41H64O. The molecule has 0 unspecified atom stereocenters. The molecule has 0 atom stereocenters. The Morgan fingerprint density at radius 1 is 0.643 bits per heavy atom. The van der Waals surface area contributed by atoms with E-state index in [1.54, 1.807) is 5.56 Å². The van der Waals surface area contributed by atoms with Crippen LogP contribution in [0.25, 0.3) is 11.1 Å². The maximum atomic E-state index is 6.65. The minimum atomic E-state index is 0.638. The van der Waals surface area contributed by atoms with Crippen molar-refractivity contribution in [3.8, 4) is 16.9 Å². The van der Waals surface area contributed by atoms with Crippen molar-refractivity contribution in [3.05, 3.63) is 52.1 Å². The molecule has 1 nitrogen and oxygen atoms in total. The van der Waals surface area contributed by atoms with E-state index in [1.165, 1.54) is 116 Å². The van der Waals surface area contributed by atoms with Gasteiger partial charge in [0.2, 0.25) is 0 Å². The minimum absolute atomic E-state index is 0.638. The summed E-state index contributed by atoms with van der Waals surface area (Å²) in [7, 11) is 0. The highest BCUT2D eigenvalue weighted by molar-refractivity contribution is 5.75. The molecule has 0 N–H and O–H groups in total. The number of hydrogen-bond acceptors (Lipinski definition) is 1. The largest absolute Gasteiger partial charge is 0.493 e. The Kier molecular flexibility index (Phi) is 12.9. The van der Waals surface area contributed by atoms with Gasteiger partial charge in [0.15, 0.2) is 0 Å². The molecule has 4 rings (SSSR count). The molecule has 1 heteroatoms. The fourth-order valence-corrected chi connectivity index (χ4v) is 8.30. The van der Waals surface area contributed by atoms with Crippen LogP contribution in [0.4, 0.5) is 0 Å². The third-order valence-electron chi connectivity index (χ3n) is 11.5. The third-order valence-corrected chi connectivity index (χ3v) is 11.5. The summed E-state index contributed by atoms with van der Waals surface area (Å²) in [5.74, 6) is 5.56. The minimum Gasteiger partial charge on any atom is -0.493 e.